The summed E-state index contributed by atoms with van der Waals surface area (Å²) in [5, 5.41) is 0. The summed E-state index contributed by atoms with van der Waals surface area (Å²) in [6.07, 6.45) is 0. The van der Waals surface area contributed by atoms with E-state index in [1.54, 1.807) is 0 Å². The summed E-state index contributed by atoms with van der Waals surface area (Å²) in [7, 11) is -4.20. The van der Waals surface area contributed by atoms with Gasteiger partial charge in [-0.2, -0.15) is 12.0 Å². The number of rotatable bonds is 4. The summed E-state index contributed by atoms with van der Waals surface area (Å²) in [6.45, 7) is 1.52. The van der Waals surface area contributed by atoms with Gasteiger partial charge in [0, 0.05) is 0 Å². The molecule has 0 aliphatic heterocycles. The number of aryl methyl sites for hydroxylation is 1. The van der Waals surface area contributed by atoms with Gasteiger partial charge in [0.05, 0.1) is 0 Å². The highest BCUT2D eigenvalue weighted by Crippen LogP contribution is 2.14. The average Bonchev–Trinajstić information content (AvgIpc) is 2.07. The molecule has 0 radical (unpaired) electrons. The second-order valence-corrected chi connectivity index (χ2v) is 5.40. The van der Waals surface area contributed by atoms with Crippen LogP contribution in [0.3, 0.4) is 0 Å². The Kier molecular flexibility index (Phi) is 4.14. The van der Waals surface area contributed by atoms with Crippen molar-refractivity contribution in [3.8, 4) is 0 Å². The highest BCUT2D eigenvalue weighted by atomic mass is 32.3. The minimum atomic E-state index is -4.20. The van der Waals surface area contributed by atoms with Gasteiger partial charge in [0.1, 0.15) is 22.9 Å². The molecule has 0 saturated heterocycles. The Labute approximate surface area is 94.9 Å². The van der Waals surface area contributed by atoms with Crippen LogP contribution in [0.1, 0.15) is 11.1 Å². The van der Waals surface area contributed by atoms with E-state index < -0.39 is 33.0 Å². The molecule has 0 aliphatic rings. The molecular formula is C8H8FO5S2-. The molecule has 1 atom stereocenters. The van der Waals surface area contributed by atoms with Gasteiger partial charge < -0.3 is 4.55 Å². The lowest BCUT2D eigenvalue weighted by Gasteiger charge is -2.08. The van der Waals surface area contributed by atoms with Crippen LogP contribution in [-0.4, -0.2) is 17.2 Å². The van der Waals surface area contributed by atoms with Crippen LogP contribution in [0.2, 0.25) is 0 Å². The van der Waals surface area contributed by atoms with E-state index in [1.165, 1.54) is 13.0 Å². The van der Waals surface area contributed by atoms with Gasteiger partial charge in [-0.25, -0.2) is 8.60 Å². The van der Waals surface area contributed by atoms with Crippen LogP contribution in [0.25, 0.3) is 0 Å². The molecule has 1 aromatic carbocycles. The van der Waals surface area contributed by atoms with Crippen LogP contribution < -0.4 is 0 Å². The number of hydrogen-bond donors (Lipinski definition) is 0. The first kappa shape index (κ1) is 13.2. The van der Waals surface area contributed by atoms with Crippen molar-refractivity contribution < 1.29 is 25.2 Å². The van der Waals surface area contributed by atoms with Crippen LogP contribution in [-0.2, 0) is 30.9 Å². The fourth-order valence-corrected chi connectivity index (χ4v) is 2.69. The molecule has 16 heavy (non-hydrogen) atoms. The molecule has 0 N–H and O–H groups in total. The third kappa shape index (κ3) is 3.97. The first-order valence-electron chi connectivity index (χ1n) is 4.07. The predicted molar refractivity (Wildman–Crippen MR) is 53.8 cm³/mol. The van der Waals surface area contributed by atoms with E-state index in [9.17, 15) is 21.6 Å². The molecule has 0 saturated carbocycles. The standard InChI is InChI=1S/C8H9FO5S2/c1-6-4-8(9)3-2-7(6)5-16(12,13)14-15(10)11/h2-4H,5H2,1H3,(H,10,11)/p-1. The highest BCUT2D eigenvalue weighted by Gasteiger charge is 2.15. The number of benzene rings is 1. The van der Waals surface area contributed by atoms with Gasteiger partial charge in [0.15, 0.2) is 0 Å². The second kappa shape index (κ2) is 5.00. The molecule has 1 rings (SSSR count). The summed E-state index contributed by atoms with van der Waals surface area (Å²) in [4.78, 5) is 0. The van der Waals surface area contributed by atoms with Gasteiger partial charge in [-0.05, 0) is 30.2 Å². The zero-order valence-corrected chi connectivity index (χ0v) is 9.81. The molecule has 8 heteroatoms. The van der Waals surface area contributed by atoms with Crippen molar-refractivity contribution in [3.63, 3.8) is 0 Å². The minimum absolute atomic E-state index is 0.284. The summed E-state index contributed by atoms with van der Waals surface area (Å²) in [5.41, 5.74) is 0.690. The Morgan fingerprint density at radius 3 is 2.62 bits per heavy atom. The van der Waals surface area contributed by atoms with E-state index in [-0.39, 0.29) is 5.56 Å². The first-order valence-corrected chi connectivity index (χ1v) is 6.65. The van der Waals surface area contributed by atoms with Gasteiger partial charge in [0.25, 0.3) is 10.1 Å². The topological polar surface area (TPSA) is 83.5 Å². The van der Waals surface area contributed by atoms with Gasteiger partial charge in [-0.1, -0.05) is 6.07 Å². The van der Waals surface area contributed by atoms with Crippen molar-refractivity contribution in [2.75, 3.05) is 0 Å². The lowest BCUT2D eigenvalue weighted by atomic mass is 10.1. The Morgan fingerprint density at radius 2 is 2.12 bits per heavy atom. The van der Waals surface area contributed by atoms with Gasteiger partial charge in [-0.3, -0.25) is 0 Å². The molecule has 0 heterocycles. The zero-order valence-electron chi connectivity index (χ0n) is 8.17. The van der Waals surface area contributed by atoms with Gasteiger partial charge in [-0.15, -0.1) is 0 Å². The maximum absolute atomic E-state index is 12.7. The van der Waals surface area contributed by atoms with Gasteiger partial charge >= 0.3 is 0 Å². The maximum atomic E-state index is 12.7. The molecule has 1 unspecified atom stereocenters. The first-order chi connectivity index (χ1) is 7.30. The molecule has 0 spiro atoms. The third-order valence-corrected chi connectivity index (χ3v) is 3.73. The molecule has 0 amide bonds. The molecular weight excluding hydrogens is 259 g/mol. The van der Waals surface area contributed by atoms with Crippen LogP contribution >= 0.6 is 0 Å². The number of halogens is 1. The number of hydrogen-bond acceptors (Lipinski definition) is 5. The molecule has 0 bridgehead atoms. The second-order valence-electron chi connectivity index (χ2n) is 3.04. The monoisotopic (exact) mass is 267 g/mol. The van der Waals surface area contributed by atoms with Crippen molar-refractivity contribution in [2.24, 2.45) is 0 Å². The van der Waals surface area contributed by atoms with Crippen molar-refractivity contribution in [1.29, 1.82) is 0 Å². The third-order valence-electron chi connectivity index (χ3n) is 1.80. The van der Waals surface area contributed by atoms with Crippen molar-refractivity contribution in [3.05, 3.63) is 35.1 Å². The smallest absolute Gasteiger partial charge is 0.283 e. The Morgan fingerprint density at radius 1 is 1.50 bits per heavy atom. The average molecular weight is 267 g/mol. The summed E-state index contributed by atoms with van der Waals surface area (Å²) in [5.74, 6) is -1.11. The van der Waals surface area contributed by atoms with Crippen molar-refractivity contribution in [1.82, 2.24) is 0 Å². The molecule has 0 aromatic heterocycles. The maximum Gasteiger partial charge on any atom is 0.283 e. The van der Waals surface area contributed by atoms with Crippen LogP contribution in [0.4, 0.5) is 4.39 Å². The van der Waals surface area contributed by atoms with Crippen LogP contribution in [0.15, 0.2) is 18.2 Å². The van der Waals surface area contributed by atoms with Crippen LogP contribution in [0.5, 0.6) is 0 Å². The molecule has 5 nitrogen and oxygen atoms in total. The van der Waals surface area contributed by atoms with Crippen molar-refractivity contribution >= 4 is 21.5 Å². The van der Waals surface area contributed by atoms with E-state index in [0.29, 0.717) is 5.56 Å². The summed E-state index contributed by atoms with van der Waals surface area (Å²) < 4.78 is 58.9. The fourth-order valence-electron chi connectivity index (χ4n) is 1.12. The van der Waals surface area contributed by atoms with Crippen molar-refractivity contribution in [2.45, 2.75) is 12.7 Å². The Bertz CT molecular complexity index is 511. The highest BCUT2D eigenvalue weighted by molar-refractivity contribution is 7.94. The Hall–Kier alpha value is -0.830. The lowest BCUT2D eigenvalue weighted by Crippen LogP contribution is -2.11. The lowest BCUT2D eigenvalue weighted by molar-refractivity contribution is 0.429. The largest absolute Gasteiger partial charge is 0.749 e. The van der Waals surface area contributed by atoms with E-state index in [4.69, 9.17) is 0 Å². The van der Waals surface area contributed by atoms with E-state index in [1.807, 2.05) is 0 Å². The zero-order chi connectivity index (χ0) is 12.3. The predicted octanol–water partition coefficient (Wildman–Crippen LogP) is 0.775. The molecule has 0 aliphatic carbocycles. The van der Waals surface area contributed by atoms with E-state index in [2.05, 4.69) is 3.63 Å². The van der Waals surface area contributed by atoms with E-state index in [0.717, 1.165) is 12.1 Å². The normalized spacial score (nSPS) is 13.7. The fraction of sp³-hybridized carbons (Fsp3) is 0.250. The quantitative estimate of drug-likeness (QED) is 0.752. The minimum Gasteiger partial charge on any atom is -0.749 e. The summed E-state index contributed by atoms with van der Waals surface area (Å²) in [6, 6.07) is 3.50. The van der Waals surface area contributed by atoms with Crippen LogP contribution in [0, 0.1) is 12.7 Å². The van der Waals surface area contributed by atoms with E-state index >= 15 is 0 Å². The SMILES string of the molecule is Cc1cc(F)ccc1CS(=O)(=O)OS(=O)[O-]. The summed E-state index contributed by atoms with van der Waals surface area (Å²) >= 11 is -3.13. The molecule has 0 fully saturated rings. The van der Waals surface area contributed by atoms with Gasteiger partial charge in [0.2, 0.25) is 0 Å². The molecule has 1 aromatic rings. The Balaban J connectivity index is 2.92. The molecule has 90 valence electrons.